The SMILES string of the molecule is COc1cnc(C(=O)Nc2cc(F)c(F)c([C@]3(CF)N=C(N)OC(C)[C@H]3C)c2)cn1. The molecule has 1 amide bonds. The van der Waals surface area contributed by atoms with Gasteiger partial charge in [-0.1, -0.05) is 6.92 Å². The summed E-state index contributed by atoms with van der Waals surface area (Å²) >= 11 is 0. The number of aromatic nitrogens is 2. The van der Waals surface area contributed by atoms with Gasteiger partial charge in [-0.2, -0.15) is 0 Å². The van der Waals surface area contributed by atoms with Crippen LogP contribution in [0.1, 0.15) is 29.9 Å². The molecule has 8 nitrogen and oxygen atoms in total. The fraction of sp³-hybridized carbons (Fsp3) is 0.368. The summed E-state index contributed by atoms with van der Waals surface area (Å²) < 4.78 is 53.5. The zero-order valence-electron chi connectivity index (χ0n) is 16.4. The van der Waals surface area contributed by atoms with E-state index < -0.39 is 41.8 Å². The highest BCUT2D eigenvalue weighted by molar-refractivity contribution is 6.02. The highest BCUT2D eigenvalue weighted by Crippen LogP contribution is 2.42. The molecule has 1 aromatic heterocycles. The molecular weight excluding hydrogens is 403 g/mol. The molecule has 3 N–H and O–H groups in total. The number of hydrogen-bond donors (Lipinski definition) is 2. The molecule has 1 aliphatic rings. The lowest BCUT2D eigenvalue weighted by atomic mass is 9.76. The predicted octanol–water partition coefficient (Wildman–Crippen LogP) is 2.55. The average molecular weight is 423 g/mol. The van der Waals surface area contributed by atoms with Crippen LogP contribution < -0.4 is 15.8 Å². The first-order valence-electron chi connectivity index (χ1n) is 8.96. The lowest BCUT2D eigenvalue weighted by Gasteiger charge is -2.40. The lowest BCUT2D eigenvalue weighted by Crippen LogP contribution is -2.48. The Kier molecular flexibility index (Phi) is 5.81. The van der Waals surface area contributed by atoms with Crippen molar-refractivity contribution in [2.75, 3.05) is 19.1 Å². The molecule has 0 saturated carbocycles. The minimum absolute atomic E-state index is 0.0855. The van der Waals surface area contributed by atoms with Crippen LogP contribution in [-0.4, -0.2) is 41.8 Å². The zero-order chi connectivity index (χ0) is 22.1. The number of nitrogens with two attached hydrogens (primary N) is 1. The molecule has 0 fully saturated rings. The van der Waals surface area contributed by atoms with Crippen LogP contribution in [0.15, 0.2) is 29.5 Å². The van der Waals surface area contributed by atoms with Gasteiger partial charge < -0.3 is 20.5 Å². The number of ether oxygens (including phenoxy) is 2. The number of alkyl halides is 1. The quantitative estimate of drug-likeness (QED) is 0.765. The van der Waals surface area contributed by atoms with E-state index in [1.807, 2.05) is 0 Å². The van der Waals surface area contributed by atoms with Gasteiger partial charge in [0.05, 0.1) is 19.5 Å². The summed E-state index contributed by atoms with van der Waals surface area (Å²) in [6.07, 6.45) is 1.78. The number of anilines is 1. The van der Waals surface area contributed by atoms with Crippen LogP contribution in [0, 0.1) is 17.6 Å². The van der Waals surface area contributed by atoms with E-state index in [-0.39, 0.29) is 28.8 Å². The van der Waals surface area contributed by atoms with Crippen molar-refractivity contribution in [2.45, 2.75) is 25.5 Å². The molecule has 11 heteroatoms. The standard InChI is InChI=1S/C19H20F3N5O3/c1-9-10(2)30-18(23)27-19(9,8-20)12-4-11(5-13(21)16(12)22)26-17(28)14-6-25-15(29-3)7-24-14/h4-7,9-10H,8H2,1-3H3,(H2,23,27)(H,26,28)/t9-,10?,19-/m1/s1. The van der Waals surface area contributed by atoms with Crippen LogP contribution in [0.25, 0.3) is 0 Å². The predicted molar refractivity (Wildman–Crippen MR) is 102 cm³/mol. The van der Waals surface area contributed by atoms with Crippen LogP contribution >= 0.6 is 0 Å². The number of aliphatic imine (C=N–C) groups is 1. The Hall–Kier alpha value is -3.37. The Morgan fingerprint density at radius 2 is 2.03 bits per heavy atom. The fourth-order valence-electron chi connectivity index (χ4n) is 3.24. The molecule has 3 rings (SSSR count). The summed E-state index contributed by atoms with van der Waals surface area (Å²) in [6, 6.07) is 1.57. The van der Waals surface area contributed by atoms with Gasteiger partial charge in [-0.3, -0.25) is 4.79 Å². The minimum Gasteiger partial charge on any atom is -0.480 e. The van der Waals surface area contributed by atoms with Gasteiger partial charge in [0, 0.05) is 23.2 Å². The smallest absolute Gasteiger partial charge is 0.283 e. The van der Waals surface area contributed by atoms with E-state index in [0.29, 0.717) is 0 Å². The van der Waals surface area contributed by atoms with Crippen molar-refractivity contribution < 1.29 is 27.4 Å². The Labute approximate surface area is 170 Å². The van der Waals surface area contributed by atoms with Crippen molar-refractivity contribution >= 4 is 17.6 Å². The Morgan fingerprint density at radius 3 is 2.63 bits per heavy atom. The number of benzene rings is 1. The normalized spacial score (nSPS) is 23.3. The lowest BCUT2D eigenvalue weighted by molar-refractivity contribution is 0.0491. The molecule has 3 atom stereocenters. The second-order valence-electron chi connectivity index (χ2n) is 6.84. The molecule has 0 aliphatic carbocycles. The third-order valence-corrected chi connectivity index (χ3v) is 5.10. The number of halogens is 3. The zero-order valence-corrected chi connectivity index (χ0v) is 16.4. The van der Waals surface area contributed by atoms with Crippen LogP contribution in [0.2, 0.25) is 0 Å². The highest BCUT2D eigenvalue weighted by Gasteiger charge is 2.47. The number of nitrogens with zero attached hydrogens (tertiary/aromatic N) is 3. The topological polar surface area (TPSA) is 112 Å². The number of carbonyl (C=O) groups is 1. The second kappa shape index (κ2) is 8.17. The Morgan fingerprint density at radius 1 is 1.30 bits per heavy atom. The summed E-state index contributed by atoms with van der Waals surface area (Å²) in [5.41, 5.74) is 3.24. The molecule has 2 aromatic rings. The Balaban J connectivity index is 2.01. The molecule has 0 bridgehead atoms. The molecule has 2 heterocycles. The van der Waals surface area contributed by atoms with Crippen molar-refractivity contribution in [1.29, 1.82) is 0 Å². The maximum absolute atomic E-state index is 14.7. The number of rotatable bonds is 5. The van der Waals surface area contributed by atoms with Crippen LogP contribution in [0.5, 0.6) is 5.88 Å². The van der Waals surface area contributed by atoms with E-state index in [0.717, 1.165) is 18.3 Å². The number of amides is 1. The van der Waals surface area contributed by atoms with Gasteiger partial charge >= 0.3 is 0 Å². The second-order valence-corrected chi connectivity index (χ2v) is 6.84. The highest BCUT2D eigenvalue weighted by atomic mass is 19.2. The van der Waals surface area contributed by atoms with Crippen LogP contribution in [-0.2, 0) is 10.3 Å². The number of nitrogens with one attached hydrogen (secondary N) is 1. The maximum Gasteiger partial charge on any atom is 0.283 e. The van der Waals surface area contributed by atoms with Gasteiger partial charge in [-0.05, 0) is 13.0 Å². The average Bonchev–Trinajstić information content (AvgIpc) is 2.73. The van der Waals surface area contributed by atoms with Gasteiger partial charge in [-0.15, -0.1) is 0 Å². The van der Waals surface area contributed by atoms with E-state index in [1.165, 1.54) is 13.3 Å². The number of methoxy groups -OCH3 is 1. The molecule has 1 aromatic carbocycles. The van der Waals surface area contributed by atoms with Crippen LogP contribution in [0.4, 0.5) is 18.9 Å². The third kappa shape index (κ3) is 3.74. The van der Waals surface area contributed by atoms with Gasteiger partial charge in [0.1, 0.15) is 24.0 Å². The first kappa shape index (κ1) is 21.3. The molecule has 0 spiro atoms. The Bertz CT molecular complexity index is 986. The summed E-state index contributed by atoms with van der Waals surface area (Å²) in [4.78, 5) is 24.1. The van der Waals surface area contributed by atoms with Gasteiger partial charge in [0.2, 0.25) is 5.88 Å². The first-order valence-corrected chi connectivity index (χ1v) is 8.96. The van der Waals surface area contributed by atoms with Gasteiger partial charge in [-0.25, -0.2) is 28.1 Å². The number of hydrogen-bond acceptors (Lipinski definition) is 7. The van der Waals surface area contributed by atoms with Crippen molar-refractivity contribution in [1.82, 2.24) is 9.97 Å². The molecule has 0 saturated heterocycles. The molecular formula is C19H20F3N5O3. The van der Waals surface area contributed by atoms with Crippen molar-refractivity contribution in [2.24, 2.45) is 16.6 Å². The number of carbonyl (C=O) groups excluding carboxylic acids is 1. The van der Waals surface area contributed by atoms with Crippen LogP contribution in [0.3, 0.4) is 0 Å². The molecule has 160 valence electrons. The first-order chi connectivity index (χ1) is 14.2. The third-order valence-electron chi connectivity index (χ3n) is 5.10. The molecule has 1 aliphatic heterocycles. The monoisotopic (exact) mass is 423 g/mol. The van der Waals surface area contributed by atoms with E-state index in [2.05, 4.69) is 20.3 Å². The molecule has 1 unspecified atom stereocenters. The summed E-state index contributed by atoms with van der Waals surface area (Å²) in [5, 5.41) is 2.40. The minimum atomic E-state index is -1.81. The fourth-order valence-corrected chi connectivity index (χ4v) is 3.24. The molecule has 30 heavy (non-hydrogen) atoms. The van der Waals surface area contributed by atoms with E-state index in [4.69, 9.17) is 15.2 Å². The van der Waals surface area contributed by atoms with Gasteiger partial charge in [0.25, 0.3) is 11.9 Å². The van der Waals surface area contributed by atoms with E-state index in [9.17, 15) is 18.0 Å². The van der Waals surface area contributed by atoms with E-state index >= 15 is 0 Å². The maximum atomic E-state index is 14.7. The summed E-state index contributed by atoms with van der Waals surface area (Å²) in [5.74, 6) is -3.77. The van der Waals surface area contributed by atoms with E-state index in [1.54, 1.807) is 13.8 Å². The van der Waals surface area contributed by atoms with Crippen molar-refractivity contribution in [3.63, 3.8) is 0 Å². The summed E-state index contributed by atoms with van der Waals surface area (Å²) in [7, 11) is 1.39. The van der Waals surface area contributed by atoms with Gasteiger partial charge in [0.15, 0.2) is 11.6 Å². The number of amidine groups is 1. The van der Waals surface area contributed by atoms with Crippen molar-refractivity contribution in [3.8, 4) is 5.88 Å². The molecule has 0 radical (unpaired) electrons. The van der Waals surface area contributed by atoms with Crippen molar-refractivity contribution in [3.05, 3.63) is 47.4 Å². The summed E-state index contributed by atoms with van der Waals surface area (Å²) in [6.45, 7) is 2.06. The largest absolute Gasteiger partial charge is 0.480 e.